The molecule has 20 heavy (non-hydrogen) atoms. The maximum absolute atomic E-state index is 10.8. The molecular weight excluding hydrogens is 354 g/mol. The molecule has 6 nitrogen and oxygen atoms in total. The first kappa shape index (κ1) is 18.1. The molecule has 0 spiro atoms. The van der Waals surface area contributed by atoms with Gasteiger partial charge >= 0.3 is 0 Å². The van der Waals surface area contributed by atoms with Crippen LogP contribution in [0.3, 0.4) is 0 Å². The number of aliphatic hydroxyl groups excluding tert-OH is 1. The molecule has 8 heteroatoms. The molecule has 0 saturated heterocycles. The molecular formula is C12H16ArBrN3O3. The van der Waals surface area contributed by atoms with Crippen molar-refractivity contribution < 1.29 is 47.8 Å². The standard InChI is InChI=1S/C12H16BrN3O3.Ar/c1-7-11(16(18)19)6-10(13)12(14-7)15-8-2-4-9(17)5-3-8;/h6,8-9,17H,2-5H2,1H3,(H,14,15);/t8-,9-;. The number of hydrogen-bond donors (Lipinski definition) is 2. The van der Waals surface area contributed by atoms with Crippen LogP contribution in [0.15, 0.2) is 10.5 Å². The van der Waals surface area contributed by atoms with Crippen molar-refractivity contribution in [2.24, 2.45) is 0 Å². The molecule has 1 heterocycles. The Bertz CT molecular complexity index is 493. The van der Waals surface area contributed by atoms with Gasteiger partial charge in [0.05, 0.1) is 15.5 Å². The molecule has 1 saturated carbocycles. The van der Waals surface area contributed by atoms with Crippen molar-refractivity contribution in [3.8, 4) is 0 Å². The van der Waals surface area contributed by atoms with Gasteiger partial charge in [-0.25, -0.2) is 4.98 Å². The molecule has 0 aromatic carbocycles. The first-order valence-corrected chi connectivity index (χ1v) is 7.03. The van der Waals surface area contributed by atoms with Crippen molar-refractivity contribution in [2.75, 3.05) is 5.32 Å². The minimum absolute atomic E-state index is 0. The fraction of sp³-hybridized carbons (Fsp3) is 0.583. The molecule has 0 radical (unpaired) electrons. The van der Waals surface area contributed by atoms with Crippen LogP contribution >= 0.6 is 15.9 Å². The fourth-order valence-electron chi connectivity index (χ4n) is 2.27. The summed E-state index contributed by atoms with van der Waals surface area (Å²) in [5.74, 6) is 0.629. The van der Waals surface area contributed by atoms with Gasteiger partial charge in [-0.05, 0) is 48.5 Å². The minimum atomic E-state index is -0.437. The predicted octanol–water partition coefficient (Wildman–Crippen LogP) is 2.78. The van der Waals surface area contributed by atoms with E-state index in [-0.39, 0.29) is 55.6 Å². The fourth-order valence-corrected chi connectivity index (χ4v) is 2.69. The Kier molecular flexibility index (Phi) is 7.14. The molecule has 1 aromatic heterocycles. The number of pyridine rings is 1. The van der Waals surface area contributed by atoms with E-state index in [1.165, 1.54) is 6.07 Å². The number of anilines is 1. The largest absolute Gasteiger partial charge is 0.393 e. The van der Waals surface area contributed by atoms with E-state index in [4.69, 9.17) is 0 Å². The van der Waals surface area contributed by atoms with Gasteiger partial charge in [-0.3, -0.25) is 10.1 Å². The molecule has 2 N–H and O–H groups in total. The summed E-state index contributed by atoms with van der Waals surface area (Å²) in [5, 5.41) is 23.6. The van der Waals surface area contributed by atoms with Crippen LogP contribution in [0.4, 0.5) is 11.5 Å². The molecule has 0 amide bonds. The zero-order valence-electron chi connectivity index (χ0n) is 11.0. The molecule has 0 aliphatic heterocycles. The predicted molar refractivity (Wildman–Crippen MR) is 75.2 cm³/mol. The smallest absolute Gasteiger partial charge is 0.291 e. The summed E-state index contributed by atoms with van der Waals surface area (Å²) in [7, 11) is 0. The molecule has 0 atom stereocenters. The second-order valence-corrected chi connectivity index (χ2v) is 5.68. The number of nitrogens with zero attached hydrogens (tertiary/aromatic N) is 2. The van der Waals surface area contributed by atoms with E-state index in [0.29, 0.717) is 16.0 Å². The first-order chi connectivity index (χ1) is 8.97. The molecule has 2 rings (SSSR count). The van der Waals surface area contributed by atoms with Gasteiger partial charge in [0.1, 0.15) is 11.5 Å². The topological polar surface area (TPSA) is 88.3 Å². The minimum Gasteiger partial charge on any atom is -0.393 e. The number of aryl methyl sites for hydroxylation is 1. The third kappa shape index (κ3) is 4.53. The summed E-state index contributed by atoms with van der Waals surface area (Å²) in [6.07, 6.45) is 3.12. The summed E-state index contributed by atoms with van der Waals surface area (Å²) >= 11 is 3.31. The Labute approximate surface area is 155 Å². The number of aromatic nitrogens is 1. The molecule has 1 aromatic rings. The van der Waals surface area contributed by atoms with Crippen LogP contribution in [-0.4, -0.2) is 27.2 Å². The Morgan fingerprint density at radius 1 is 1.45 bits per heavy atom. The van der Waals surface area contributed by atoms with E-state index < -0.39 is 4.92 Å². The van der Waals surface area contributed by atoms with E-state index in [9.17, 15) is 15.2 Å². The zero-order valence-corrected chi connectivity index (χ0v) is 13.2. The van der Waals surface area contributed by atoms with Gasteiger partial charge in [0, 0.05) is 49.8 Å². The maximum atomic E-state index is 10.8. The quantitative estimate of drug-likeness (QED) is 0.631. The summed E-state index contributed by atoms with van der Waals surface area (Å²) in [5.41, 5.74) is 0.406. The van der Waals surface area contributed by atoms with Crippen LogP contribution in [0.2, 0.25) is 0 Å². The molecule has 0 bridgehead atoms. The Hall–Kier alpha value is 0.0497. The summed E-state index contributed by atoms with van der Waals surface area (Å²) < 4.78 is 0.593. The van der Waals surface area contributed by atoms with Crippen LogP contribution in [0.5, 0.6) is 0 Å². The van der Waals surface area contributed by atoms with Gasteiger partial charge in [0.25, 0.3) is 5.69 Å². The Morgan fingerprint density at radius 3 is 2.60 bits per heavy atom. The molecule has 1 fully saturated rings. The van der Waals surface area contributed by atoms with Crippen molar-refractivity contribution in [3.63, 3.8) is 0 Å². The summed E-state index contributed by atoms with van der Waals surface area (Å²) in [4.78, 5) is 14.6. The van der Waals surface area contributed by atoms with E-state index in [0.717, 1.165) is 25.7 Å². The van der Waals surface area contributed by atoms with Gasteiger partial charge in [-0.15, -0.1) is 0 Å². The third-order valence-corrected chi connectivity index (χ3v) is 3.98. The SMILES string of the molecule is Cc1nc(N[C@H]2CC[C@H](O)CC2)c(Br)cc1[N+](=O)[O-].[Ar]. The van der Waals surface area contributed by atoms with Gasteiger partial charge in [0.2, 0.25) is 0 Å². The normalized spacial score (nSPS) is 21.9. The van der Waals surface area contributed by atoms with Gasteiger partial charge in [-0.2, -0.15) is 0 Å². The van der Waals surface area contributed by atoms with Crippen LogP contribution in [0.1, 0.15) is 31.4 Å². The van der Waals surface area contributed by atoms with Crippen LogP contribution in [0, 0.1) is 54.8 Å². The van der Waals surface area contributed by atoms with E-state index in [1.807, 2.05) is 0 Å². The molecule has 112 valence electrons. The second-order valence-electron chi connectivity index (χ2n) is 4.83. The van der Waals surface area contributed by atoms with Crippen molar-refractivity contribution >= 4 is 27.4 Å². The third-order valence-electron chi connectivity index (χ3n) is 3.37. The molecule has 1 aliphatic rings. The Balaban J connectivity index is 0.00000200. The van der Waals surface area contributed by atoms with Crippen molar-refractivity contribution in [2.45, 2.75) is 44.8 Å². The monoisotopic (exact) mass is 369 g/mol. The number of rotatable bonds is 3. The second kappa shape index (κ2) is 7.89. The van der Waals surface area contributed by atoms with Gasteiger partial charge in [-0.1, -0.05) is 0 Å². The maximum Gasteiger partial charge on any atom is 0.291 e. The number of nitro groups is 1. The van der Waals surface area contributed by atoms with Crippen molar-refractivity contribution in [3.05, 3.63) is 26.3 Å². The zero-order chi connectivity index (χ0) is 14.0. The van der Waals surface area contributed by atoms with Crippen LogP contribution in [-0.2, 0) is 0 Å². The van der Waals surface area contributed by atoms with Crippen molar-refractivity contribution in [1.29, 1.82) is 0 Å². The molecule has 0 unspecified atom stereocenters. The first-order valence-electron chi connectivity index (χ1n) is 6.23. The van der Waals surface area contributed by atoms with Crippen molar-refractivity contribution in [1.82, 2.24) is 4.98 Å². The summed E-state index contributed by atoms with van der Waals surface area (Å²) in [6.45, 7) is 1.63. The van der Waals surface area contributed by atoms with Gasteiger partial charge < -0.3 is 10.4 Å². The number of aliphatic hydroxyl groups is 1. The van der Waals surface area contributed by atoms with Crippen LogP contribution in [0.25, 0.3) is 0 Å². The van der Waals surface area contributed by atoms with Crippen LogP contribution < -0.4 is 5.32 Å². The number of hydrogen-bond acceptors (Lipinski definition) is 5. The number of halogens is 1. The molecule has 1 aliphatic carbocycles. The summed E-state index contributed by atoms with van der Waals surface area (Å²) in [6, 6.07) is 1.73. The van der Waals surface area contributed by atoms with E-state index in [1.54, 1.807) is 6.92 Å². The number of nitrogens with one attached hydrogen (secondary N) is 1. The average Bonchev–Trinajstić information content (AvgIpc) is 2.35. The van der Waals surface area contributed by atoms with E-state index >= 15 is 0 Å². The van der Waals surface area contributed by atoms with E-state index in [2.05, 4.69) is 26.2 Å². The van der Waals surface area contributed by atoms with Gasteiger partial charge in [0.15, 0.2) is 0 Å². The Morgan fingerprint density at radius 2 is 2.05 bits per heavy atom. The average molecular weight is 370 g/mol.